The van der Waals surface area contributed by atoms with Crippen molar-refractivity contribution in [3.05, 3.63) is 65.7 Å². The third kappa shape index (κ3) is 5.26. The van der Waals surface area contributed by atoms with Gasteiger partial charge in [0.05, 0.1) is 10.1 Å². The number of carboxylic acid groups (broad SMARTS) is 1. The number of anilines is 2. The largest absolute Gasteiger partial charge is 0.465 e. The normalized spacial score (nSPS) is 14.9. The molecule has 0 atom stereocenters. The Hall–Kier alpha value is -4.39. The number of H-pyrrole nitrogens is 1. The van der Waals surface area contributed by atoms with Gasteiger partial charge in [-0.3, -0.25) is 0 Å². The molecule has 37 heavy (non-hydrogen) atoms. The van der Waals surface area contributed by atoms with Crippen molar-refractivity contribution < 1.29 is 22.7 Å². The molecule has 1 amide bonds. The first-order chi connectivity index (χ1) is 17.8. The van der Waals surface area contributed by atoms with Crippen LogP contribution in [0.25, 0.3) is 23.2 Å². The second-order valence-corrected chi connectivity index (χ2v) is 10.8. The topological polar surface area (TPSA) is 154 Å². The number of piperidine rings is 1. The number of rotatable bonds is 6. The molecule has 4 aromatic rings. The molecule has 0 radical (unpaired) electrons. The second-order valence-electron chi connectivity index (χ2n) is 8.52. The summed E-state index contributed by atoms with van der Waals surface area (Å²) >= 11 is 0. The summed E-state index contributed by atoms with van der Waals surface area (Å²) in [6.07, 6.45) is 6.12. The van der Waals surface area contributed by atoms with Gasteiger partial charge in [0, 0.05) is 48.4 Å². The molecule has 0 aliphatic carbocycles. The highest BCUT2D eigenvalue weighted by Gasteiger charge is 2.32. The third-order valence-electron chi connectivity index (χ3n) is 6.13. The Bertz CT molecular complexity index is 1560. The van der Waals surface area contributed by atoms with Crippen LogP contribution >= 0.6 is 0 Å². The van der Waals surface area contributed by atoms with Crippen LogP contribution in [0.3, 0.4) is 0 Å². The Morgan fingerprint density at radius 1 is 1.08 bits per heavy atom. The lowest BCUT2D eigenvalue weighted by molar-refractivity contribution is 0.136. The van der Waals surface area contributed by atoms with Crippen LogP contribution in [0.1, 0.15) is 24.0 Å². The van der Waals surface area contributed by atoms with Gasteiger partial charge < -0.3 is 15.3 Å². The van der Waals surface area contributed by atoms with Crippen LogP contribution in [0.15, 0.2) is 53.7 Å². The summed E-state index contributed by atoms with van der Waals surface area (Å²) in [5.74, 6) is -0.0994. The van der Waals surface area contributed by atoms with E-state index < -0.39 is 27.0 Å². The number of benzene rings is 2. The molecular weight excluding hydrogens is 501 g/mol. The van der Waals surface area contributed by atoms with Gasteiger partial charge in [-0.2, -0.15) is 15.4 Å². The fraction of sp³-hybridized carbons (Fsp3) is 0.208. The number of likely N-dealkylation sites (tertiary alicyclic amines) is 1. The molecule has 0 spiro atoms. The predicted molar refractivity (Wildman–Crippen MR) is 134 cm³/mol. The van der Waals surface area contributed by atoms with Crippen molar-refractivity contribution in [3.63, 3.8) is 0 Å². The molecule has 0 saturated carbocycles. The summed E-state index contributed by atoms with van der Waals surface area (Å²) in [6, 6.07) is 8.95. The number of hydrogen-bond acceptors (Lipinski definition) is 8. The summed E-state index contributed by atoms with van der Waals surface area (Å²) in [7, 11) is -3.57. The Balaban J connectivity index is 1.23. The highest BCUT2D eigenvalue weighted by molar-refractivity contribution is 7.92. The van der Waals surface area contributed by atoms with Gasteiger partial charge in [0.25, 0.3) is 0 Å². The fourth-order valence-electron chi connectivity index (χ4n) is 4.15. The number of aromatic nitrogens is 5. The number of fused-ring (bicyclic) bond motifs is 1. The van der Waals surface area contributed by atoms with Gasteiger partial charge in [-0.25, -0.2) is 27.6 Å². The van der Waals surface area contributed by atoms with E-state index in [0.717, 1.165) is 0 Å². The zero-order valence-corrected chi connectivity index (χ0v) is 20.2. The van der Waals surface area contributed by atoms with E-state index in [2.05, 4.69) is 30.7 Å². The molecule has 1 aliphatic rings. The number of carbonyl (C=O) groups is 1. The van der Waals surface area contributed by atoms with Crippen molar-refractivity contribution in [1.82, 2.24) is 30.3 Å². The van der Waals surface area contributed by atoms with Crippen LogP contribution < -0.4 is 5.32 Å². The Morgan fingerprint density at radius 2 is 1.78 bits per heavy atom. The first-order valence-corrected chi connectivity index (χ1v) is 12.9. The molecule has 1 fully saturated rings. The highest BCUT2D eigenvalue weighted by atomic mass is 32.2. The van der Waals surface area contributed by atoms with E-state index in [-0.39, 0.29) is 30.8 Å². The van der Waals surface area contributed by atoms with Gasteiger partial charge in [0.2, 0.25) is 5.95 Å². The SMILES string of the molecule is O=C(O)N1CCC(S(=O)(=O)c2ccc(Nc3ncc(C=Cc4cc(F)cc5n[nH]nc45)cn3)cc2)CC1. The lowest BCUT2D eigenvalue weighted by atomic mass is 10.1. The van der Waals surface area contributed by atoms with Crippen LogP contribution in [0, 0.1) is 5.82 Å². The lowest BCUT2D eigenvalue weighted by Crippen LogP contribution is -2.41. The molecular formula is C24H22FN7O4S. The summed E-state index contributed by atoms with van der Waals surface area (Å²) in [5.41, 5.74) is 2.83. The minimum Gasteiger partial charge on any atom is -0.465 e. The monoisotopic (exact) mass is 523 g/mol. The van der Waals surface area contributed by atoms with E-state index >= 15 is 0 Å². The number of aromatic amines is 1. The van der Waals surface area contributed by atoms with Crippen LogP contribution in [0.5, 0.6) is 0 Å². The molecule has 11 nitrogen and oxygen atoms in total. The van der Waals surface area contributed by atoms with Gasteiger partial charge in [-0.1, -0.05) is 12.2 Å². The van der Waals surface area contributed by atoms with E-state index in [1.807, 2.05) is 0 Å². The molecule has 1 aliphatic heterocycles. The van der Waals surface area contributed by atoms with E-state index in [9.17, 15) is 17.6 Å². The summed E-state index contributed by atoms with van der Waals surface area (Å²) in [6.45, 7) is 0.405. The van der Waals surface area contributed by atoms with E-state index in [4.69, 9.17) is 5.11 Å². The van der Waals surface area contributed by atoms with Gasteiger partial charge in [-0.15, -0.1) is 0 Å². The highest BCUT2D eigenvalue weighted by Crippen LogP contribution is 2.26. The molecule has 3 N–H and O–H groups in total. The lowest BCUT2D eigenvalue weighted by Gasteiger charge is -2.29. The minimum absolute atomic E-state index is 0.187. The fourth-order valence-corrected chi connectivity index (χ4v) is 5.88. The zero-order chi connectivity index (χ0) is 26.0. The van der Waals surface area contributed by atoms with Crippen LogP contribution in [-0.4, -0.2) is 68.2 Å². The maximum Gasteiger partial charge on any atom is 0.407 e. The summed E-state index contributed by atoms with van der Waals surface area (Å²) in [4.78, 5) is 21.0. The van der Waals surface area contributed by atoms with Crippen molar-refractivity contribution >= 4 is 50.8 Å². The van der Waals surface area contributed by atoms with Crippen molar-refractivity contribution in [2.45, 2.75) is 23.0 Å². The molecule has 2 aromatic heterocycles. The zero-order valence-electron chi connectivity index (χ0n) is 19.4. The Kier molecular flexibility index (Phi) is 6.53. The minimum atomic E-state index is -3.57. The maximum absolute atomic E-state index is 13.8. The summed E-state index contributed by atoms with van der Waals surface area (Å²) in [5, 5.41) is 21.9. The maximum atomic E-state index is 13.8. The molecule has 0 unspecified atom stereocenters. The van der Waals surface area contributed by atoms with Crippen molar-refractivity contribution in [2.75, 3.05) is 18.4 Å². The molecule has 1 saturated heterocycles. The molecule has 5 rings (SSSR count). The average Bonchev–Trinajstić information content (AvgIpc) is 3.37. The molecule has 0 bridgehead atoms. The number of sulfone groups is 1. The molecule has 2 aromatic carbocycles. The van der Waals surface area contributed by atoms with Gasteiger partial charge in [0.1, 0.15) is 16.9 Å². The van der Waals surface area contributed by atoms with Gasteiger partial charge in [0.15, 0.2) is 9.84 Å². The van der Waals surface area contributed by atoms with Crippen molar-refractivity contribution in [3.8, 4) is 0 Å². The molecule has 13 heteroatoms. The molecule has 3 heterocycles. The van der Waals surface area contributed by atoms with Crippen LogP contribution in [0.4, 0.5) is 20.8 Å². The van der Waals surface area contributed by atoms with Crippen LogP contribution in [0.2, 0.25) is 0 Å². The predicted octanol–water partition coefficient (Wildman–Crippen LogP) is 3.72. The quantitative estimate of drug-likeness (QED) is 0.343. The Labute approximate surface area is 211 Å². The summed E-state index contributed by atoms with van der Waals surface area (Å²) < 4.78 is 39.7. The first-order valence-electron chi connectivity index (χ1n) is 11.4. The standard InChI is InChI=1S/C24H22FN7O4S/c25-17-11-16(22-21(12-17)29-31-30-22)2-1-15-13-26-23(27-14-15)28-18-3-5-19(6-4-18)37(35,36)20-7-9-32(10-8-20)24(33)34/h1-6,11-14,20H,7-10H2,(H,33,34)(H,26,27,28)(H,29,30,31). The van der Waals surface area contributed by atoms with E-state index in [1.165, 1.54) is 29.2 Å². The number of amides is 1. The van der Waals surface area contributed by atoms with E-state index in [0.29, 0.717) is 33.8 Å². The smallest absolute Gasteiger partial charge is 0.407 e. The average molecular weight is 524 g/mol. The number of nitrogens with one attached hydrogen (secondary N) is 2. The first kappa shape index (κ1) is 24.3. The Morgan fingerprint density at radius 3 is 2.46 bits per heavy atom. The third-order valence-corrected chi connectivity index (χ3v) is 8.41. The van der Waals surface area contributed by atoms with Crippen molar-refractivity contribution in [1.29, 1.82) is 0 Å². The van der Waals surface area contributed by atoms with Crippen LogP contribution in [-0.2, 0) is 9.84 Å². The number of halogens is 1. The van der Waals surface area contributed by atoms with Gasteiger partial charge >= 0.3 is 6.09 Å². The van der Waals surface area contributed by atoms with Crippen molar-refractivity contribution in [2.24, 2.45) is 0 Å². The van der Waals surface area contributed by atoms with E-state index in [1.54, 1.807) is 36.7 Å². The molecule has 190 valence electrons. The second kappa shape index (κ2) is 9.93. The van der Waals surface area contributed by atoms with Gasteiger partial charge in [-0.05, 0) is 43.2 Å². The number of nitrogens with zero attached hydrogens (tertiary/aromatic N) is 5. The number of hydrogen-bond donors (Lipinski definition) is 3.